The molecule has 9 N–H and O–H groups in total. The van der Waals surface area contributed by atoms with Crippen LogP contribution in [-0.4, -0.2) is 129 Å². The fraction of sp³-hybridized carbons (Fsp3) is 0.473. The van der Waals surface area contributed by atoms with Crippen molar-refractivity contribution in [2.75, 3.05) is 62.6 Å². The number of allylic oxidation sites excluding steroid dienone is 1. The van der Waals surface area contributed by atoms with Gasteiger partial charge in [-0.3, -0.25) is 43.8 Å². The number of hydrogen-bond donors (Lipinski definition) is 6. The molecule has 4 aliphatic heterocycles. The molecule has 3 fully saturated rings. The van der Waals surface area contributed by atoms with Crippen LogP contribution in [0.15, 0.2) is 90.6 Å². The van der Waals surface area contributed by atoms with Gasteiger partial charge in [-0.1, -0.05) is 68.4 Å². The summed E-state index contributed by atoms with van der Waals surface area (Å²) in [7, 11) is 0. The fourth-order valence-corrected chi connectivity index (χ4v) is 10.2. The lowest BCUT2D eigenvalue weighted by atomic mass is 10.0. The van der Waals surface area contributed by atoms with Crippen molar-refractivity contribution in [2.24, 2.45) is 17.2 Å². The molecule has 3 saturated heterocycles. The predicted molar refractivity (Wildman–Crippen MR) is 284 cm³/mol. The second kappa shape index (κ2) is 26.0. The molecule has 20 nitrogen and oxygen atoms in total. The summed E-state index contributed by atoms with van der Waals surface area (Å²) in [6.07, 6.45) is 15.8. The zero-order chi connectivity index (χ0) is 52.7. The highest BCUT2D eigenvalue weighted by Gasteiger charge is 2.45. The number of rotatable bonds is 25. The van der Waals surface area contributed by atoms with Crippen LogP contribution in [-0.2, 0) is 32.2 Å². The molecule has 5 amide bonds. The summed E-state index contributed by atoms with van der Waals surface area (Å²) in [5, 5.41) is 24.2. The average Bonchev–Trinajstić information content (AvgIpc) is 3.98. The molecule has 4 aromatic rings. The van der Waals surface area contributed by atoms with E-state index < -0.39 is 29.7 Å². The Hall–Kier alpha value is -7.61. The normalized spacial score (nSPS) is 18.2. The molecule has 1 aromatic heterocycles. The van der Waals surface area contributed by atoms with Crippen molar-refractivity contribution in [1.82, 2.24) is 35.0 Å². The highest BCUT2D eigenvalue weighted by molar-refractivity contribution is 6.25. The molecule has 75 heavy (non-hydrogen) atoms. The van der Waals surface area contributed by atoms with Crippen LogP contribution in [0.1, 0.15) is 122 Å². The second-order valence-corrected chi connectivity index (χ2v) is 19.8. The fourth-order valence-electron chi connectivity index (χ4n) is 10.2. The summed E-state index contributed by atoms with van der Waals surface area (Å²) in [4.78, 5) is 71.2. The Morgan fingerprint density at radius 3 is 2.28 bits per heavy atom. The number of nitrogens with one attached hydrogen (secondary N) is 2. The Balaban J connectivity index is 0.628. The largest absolute Gasteiger partial charge is 0.507 e. The number of ether oxygens (including phenoxy) is 2. The van der Waals surface area contributed by atoms with Crippen molar-refractivity contribution in [3.8, 4) is 11.5 Å². The summed E-state index contributed by atoms with van der Waals surface area (Å²) >= 11 is 0. The van der Waals surface area contributed by atoms with Gasteiger partial charge in [0.1, 0.15) is 41.8 Å². The zero-order valence-electron chi connectivity index (χ0n) is 42.8. The zero-order valence-corrected chi connectivity index (χ0v) is 42.8. The number of carbonyl (C=O) groups is 5. The van der Waals surface area contributed by atoms with Crippen molar-refractivity contribution in [3.05, 3.63) is 113 Å². The lowest BCUT2D eigenvalue weighted by Gasteiger charge is -2.35. The van der Waals surface area contributed by atoms with E-state index in [4.69, 9.17) is 26.7 Å². The number of phenolic OH excluding ortho intramolecular Hbond substituents is 1. The first-order valence-electron chi connectivity index (χ1n) is 26.5. The Kier molecular flexibility index (Phi) is 18.6. The van der Waals surface area contributed by atoms with E-state index in [9.17, 15) is 29.1 Å². The van der Waals surface area contributed by atoms with Gasteiger partial charge in [0.2, 0.25) is 17.7 Å². The maximum absolute atomic E-state index is 13.4. The van der Waals surface area contributed by atoms with Crippen molar-refractivity contribution in [1.29, 1.82) is 0 Å². The standard InChI is InChI=1S/C55H72N12O8/c56-44(42-15-9-10-18-47(42)68)34-48(52(57)58)75-41-14-13-26-65(37-41)39-20-22-40(23-21-39)74-33-32-63-28-30-64(31-29-63)50(70)19-8-6-4-2-1-3-5-7-11-27-66-36-38(61-62-66)35-59-45-17-12-16-43-51(45)55(73)67(54(43)72)46-24-25-49(69)60-53(46)71/h9-10,12,15-18,20-23,34,36,41,46,59,68H,1-8,11,13-14,19,24-33,35,37,56-58H2,(H,60,69,71)/b44-34-. The molecule has 2 unspecified atom stereocenters. The Morgan fingerprint density at radius 2 is 1.55 bits per heavy atom. The minimum absolute atomic E-state index is 0.0209. The van der Waals surface area contributed by atoms with Gasteiger partial charge in [0.15, 0.2) is 5.76 Å². The minimum atomic E-state index is -1.02. The first-order chi connectivity index (χ1) is 36.4. The molecular weight excluding hydrogens is 957 g/mol. The topological polar surface area (TPSA) is 270 Å². The lowest BCUT2D eigenvalue weighted by Crippen LogP contribution is -2.54. The summed E-state index contributed by atoms with van der Waals surface area (Å²) in [6.45, 7) is 7.14. The molecular formula is C55H72N12O8. The van der Waals surface area contributed by atoms with E-state index in [1.165, 1.54) is 19.3 Å². The number of carbonyl (C=O) groups excluding carboxylic acids is 5. The number of benzene rings is 3. The highest BCUT2D eigenvalue weighted by atomic mass is 16.5. The van der Waals surface area contributed by atoms with Gasteiger partial charge in [0.05, 0.1) is 30.4 Å². The first-order valence-corrected chi connectivity index (χ1v) is 26.5. The third-order valence-corrected chi connectivity index (χ3v) is 14.4. The van der Waals surface area contributed by atoms with Crippen LogP contribution >= 0.6 is 0 Å². The number of para-hydroxylation sites is 1. The molecule has 0 aliphatic carbocycles. The number of piperidine rings is 2. The molecule has 0 spiro atoms. The van der Waals surface area contributed by atoms with Gasteiger partial charge in [-0.25, -0.2) is 0 Å². The number of amides is 5. The van der Waals surface area contributed by atoms with E-state index in [0.29, 0.717) is 48.8 Å². The van der Waals surface area contributed by atoms with Crippen molar-refractivity contribution >= 4 is 46.6 Å². The molecule has 0 radical (unpaired) electrons. The van der Waals surface area contributed by atoms with Gasteiger partial charge in [-0.05, 0) is 80.6 Å². The summed E-state index contributed by atoms with van der Waals surface area (Å²) in [5.74, 6) is -0.722. The number of imide groups is 2. The third kappa shape index (κ3) is 14.4. The molecule has 400 valence electrons. The number of hydrogen-bond acceptors (Lipinski definition) is 16. The first kappa shape index (κ1) is 53.7. The van der Waals surface area contributed by atoms with Crippen LogP contribution in [0.5, 0.6) is 11.5 Å². The van der Waals surface area contributed by atoms with E-state index >= 15 is 0 Å². The number of piperazine rings is 1. The molecule has 0 saturated carbocycles. The lowest BCUT2D eigenvalue weighted by molar-refractivity contribution is -0.136. The second-order valence-electron chi connectivity index (χ2n) is 19.8. The predicted octanol–water partition coefficient (Wildman–Crippen LogP) is 5.19. The van der Waals surface area contributed by atoms with Crippen LogP contribution in [0, 0.1) is 0 Å². The number of nitrogens with zero attached hydrogens (tertiary/aromatic N) is 7. The van der Waals surface area contributed by atoms with E-state index in [1.54, 1.807) is 48.5 Å². The average molecular weight is 1030 g/mol. The quantitative estimate of drug-likeness (QED) is 0.0216. The van der Waals surface area contributed by atoms with Crippen molar-refractivity contribution < 1.29 is 38.6 Å². The van der Waals surface area contributed by atoms with Gasteiger partial charge in [-0.2, -0.15) is 0 Å². The van der Waals surface area contributed by atoms with Crippen LogP contribution in [0.2, 0.25) is 0 Å². The molecule has 3 aromatic carbocycles. The monoisotopic (exact) mass is 1030 g/mol. The van der Waals surface area contributed by atoms with Crippen LogP contribution in [0.4, 0.5) is 11.4 Å². The number of anilines is 2. The van der Waals surface area contributed by atoms with Crippen LogP contribution < -0.4 is 37.5 Å². The Morgan fingerprint density at radius 1 is 0.813 bits per heavy atom. The van der Waals surface area contributed by atoms with Crippen LogP contribution in [0.3, 0.4) is 0 Å². The Bertz CT molecular complexity index is 2690. The summed E-state index contributed by atoms with van der Waals surface area (Å²) in [6, 6.07) is 18.9. The molecule has 8 rings (SSSR count). The van der Waals surface area contributed by atoms with Crippen molar-refractivity contribution in [3.63, 3.8) is 0 Å². The molecule has 20 heteroatoms. The van der Waals surface area contributed by atoms with Gasteiger partial charge < -0.3 is 46.9 Å². The van der Waals surface area contributed by atoms with E-state index in [0.717, 1.165) is 114 Å². The van der Waals surface area contributed by atoms with E-state index in [-0.39, 0.29) is 53.3 Å². The highest BCUT2D eigenvalue weighted by Crippen LogP contribution is 2.33. The number of aromatic nitrogens is 3. The molecule has 5 heterocycles. The smallest absolute Gasteiger partial charge is 0.264 e. The number of phenols is 1. The van der Waals surface area contributed by atoms with Gasteiger partial charge >= 0.3 is 0 Å². The number of unbranched alkanes of at least 4 members (excludes halogenated alkanes) is 8. The summed E-state index contributed by atoms with van der Waals surface area (Å²) in [5.41, 5.74) is 21.7. The number of aromatic hydroxyl groups is 1. The van der Waals surface area contributed by atoms with Crippen molar-refractivity contribution in [2.45, 2.75) is 115 Å². The Labute approximate surface area is 438 Å². The molecule has 4 aliphatic rings. The SMILES string of the molecule is NC(N)=C(/C=C(\N)c1ccccc1O)OC1CCCN(c2ccc(OCCN3CCN(C(=O)CCCCCCCCCCCn4cc(CNc5cccc6c5C(=O)N(C5CCC(=O)NC5=O)C6=O)nn4)CC3)cc2)C1. The van der Waals surface area contributed by atoms with Gasteiger partial charge in [0.25, 0.3) is 11.8 Å². The maximum Gasteiger partial charge on any atom is 0.264 e. The maximum atomic E-state index is 13.4. The van der Waals surface area contributed by atoms with Gasteiger partial charge in [0, 0.05) is 87.4 Å². The molecule has 2 atom stereocenters. The third-order valence-electron chi connectivity index (χ3n) is 14.4. The number of fused-ring (bicyclic) bond motifs is 1. The number of aryl methyl sites for hydroxylation is 1. The number of nitrogens with two attached hydrogens (primary N) is 3. The minimum Gasteiger partial charge on any atom is -0.507 e. The summed E-state index contributed by atoms with van der Waals surface area (Å²) < 4.78 is 14.2. The van der Waals surface area contributed by atoms with Crippen LogP contribution in [0.25, 0.3) is 5.70 Å². The van der Waals surface area contributed by atoms with Gasteiger partial charge in [-0.15, -0.1) is 5.10 Å². The molecule has 0 bridgehead atoms. The van der Waals surface area contributed by atoms with E-state index in [2.05, 4.69) is 42.9 Å². The van der Waals surface area contributed by atoms with E-state index in [1.807, 2.05) is 27.9 Å².